The smallest absolute Gasteiger partial charge is 0.119 e. The van der Waals surface area contributed by atoms with Crippen LogP contribution in [0.1, 0.15) is 31.4 Å². The Labute approximate surface area is 133 Å². The lowest BCUT2D eigenvalue weighted by atomic mass is 9.97. The summed E-state index contributed by atoms with van der Waals surface area (Å²) in [4.78, 5) is 2.63. The van der Waals surface area contributed by atoms with Crippen LogP contribution in [0.5, 0.6) is 5.75 Å². The van der Waals surface area contributed by atoms with Crippen LogP contribution in [0.3, 0.4) is 0 Å². The van der Waals surface area contributed by atoms with Gasteiger partial charge in [-0.2, -0.15) is 0 Å². The van der Waals surface area contributed by atoms with E-state index in [0.717, 1.165) is 31.9 Å². The summed E-state index contributed by atoms with van der Waals surface area (Å²) >= 11 is 0. The molecule has 0 saturated carbocycles. The lowest BCUT2D eigenvalue weighted by molar-refractivity contribution is 0.165. The van der Waals surface area contributed by atoms with Gasteiger partial charge < -0.3 is 10.1 Å². The molecule has 1 atom stereocenters. The summed E-state index contributed by atoms with van der Waals surface area (Å²) in [6, 6.07) is 13.8. The summed E-state index contributed by atoms with van der Waals surface area (Å²) in [5, 5.41) is 6.00. The Morgan fingerprint density at radius 3 is 2.55 bits per heavy atom. The number of nitrogens with one attached hydrogen (secondary N) is 1. The third-order valence-corrected chi connectivity index (χ3v) is 4.61. The number of ether oxygens (including phenoxy) is 1. The summed E-state index contributed by atoms with van der Waals surface area (Å²) in [5.74, 6) is 0.924. The van der Waals surface area contributed by atoms with Gasteiger partial charge in [0, 0.05) is 32.2 Å². The van der Waals surface area contributed by atoms with Gasteiger partial charge in [-0.15, -0.1) is 0 Å². The molecule has 1 heterocycles. The fourth-order valence-electron chi connectivity index (χ4n) is 3.40. The minimum absolute atomic E-state index is 0.540. The van der Waals surface area contributed by atoms with Crippen LogP contribution in [-0.4, -0.2) is 38.2 Å². The van der Waals surface area contributed by atoms with Gasteiger partial charge in [0.1, 0.15) is 5.75 Å². The molecule has 1 aliphatic rings. The van der Waals surface area contributed by atoms with E-state index < -0.39 is 0 Å². The maximum Gasteiger partial charge on any atom is 0.119 e. The molecule has 0 aromatic heterocycles. The van der Waals surface area contributed by atoms with Crippen LogP contribution in [0, 0.1) is 0 Å². The minimum Gasteiger partial charge on any atom is -0.497 e. The van der Waals surface area contributed by atoms with Crippen LogP contribution in [0.25, 0.3) is 10.8 Å². The van der Waals surface area contributed by atoms with E-state index in [0.29, 0.717) is 6.04 Å². The number of fused-ring (bicyclic) bond motifs is 1. The van der Waals surface area contributed by atoms with Crippen LogP contribution >= 0.6 is 0 Å². The first-order chi connectivity index (χ1) is 10.8. The molecule has 0 spiro atoms. The molecule has 0 unspecified atom stereocenters. The Morgan fingerprint density at radius 1 is 1.09 bits per heavy atom. The van der Waals surface area contributed by atoms with Crippen molar-refractivity contribution in [2.24, 2.45) is 0 Å². The normalized spacial score (nSPS) is 17.5. The number of methoxy groups -OCH3 is 1. The molecule has 22 heavy (non-hydrogen) atoms. The second-order valence-corrected chi connectivity index (χ2v) is 6.06. The Balaban J connectivity index is 1.91. The first kappa shape index (κ1) is 15.3. The van der Waals surface area contributed by atoms with Crippen molar-refractivity contribution in [1.29, 1.82) is 0 Å². The van der Waals surface area contributed by atoms with Gasteiger partial charge in [-0.05, 0) is 41.0 Å². The Bertz CT molecular complexity index is 620. The molecule has 2 aromatic carbocycles. The van der Waals surface area contributed by atoms with Gasteiger partial charge in [-0.3, -0.25) is 4.90 Å². The highest BCUT2D eigenvalue weighted by Crippen LogP contribution is 2.30. The molecule has 1 saturated heterocycles. The fraction of sp³-hybridized carbons (Fsp3) is 0.474. The summed E-state index contributed by atoms with van der Waals surface area (Å²) in [6.45, 7) is 6.77. The van der Waals surface area contributed by atoms with Crippen molar-refractivity contribution in [2.75, 3.05) is 33.3 Å². The third-order valence-electron chi connectivity index (χ3n) is 4.61. The summed E-state index contributed by atoms with van der Waals surface area (Å²) in [6.07, 6.45) is 2.44. The van der Waals surface area contributed by atoms with Crippen LogP contribution in [-0.2, 0) is 0 Å². The number of hydrogen-bond donors (Lipinski definition) is 1. The molecule has 3 nitrogen and oxygen atoms in total. The molecule has 1 N–H and O–H groups in total. The average molecular weight is 298 g/mol. The van der Waals surface area contributed by atoms with E-state index in [-0.39, 0.29) is 0 Å². The van der Waals surface area contributed by atoms with E-state index in [2.05, 4.69) is 47.5 Å². The number of rotatable bonds is 5. The van der Waals surface area contributed by atoms with E-state index in [1.807, 2.05) is 6.07 Å². The first-order valence-electron chi connectivity index (χ1n) is 8.34. The Hall–Kier alpha value is -1.58. The van der Waals surface area contributed by atoms with Crippen LogP contribution in [0.4, 0.5) is 0 Å². The predicted octanol–water partition coefficient (Wildman–Crippen LogP) is 3.59. The van der Waals surface area contributed by atoms with Gasteiger partial charge in [0.2, 0.25) is 0 Å². The fourth-order valence-corrected chi connectivity index (χ4v) is 3.40. The molecule has 1 fully saturated rings. The summed E-state index contributed by atoms with van der Waals surface area (Å²) < 4.78 is 5.32. The standard InChI is InChI=1S/C19H26N2O/c1-3-4-19(21-11-9-20-10-12-21)17-6-5-16-14-18(22-2)8-7-15(16)13-17/h5-8,13-14,19-20H,3-4,9-12H2,1-2H3/t19-/m1/s1. The van der Waals surface area contributed by atoms with E-state index in [9.17, 15) is 0 Å². The number of hydrogen-bond acceptors (Lipinski definition) is 3. The lowest BCUT2D eigenvalue weighted by Gasteiger charge is -2.35. The monoisotopic (exact) mass is 298 g/mol. The van der Waals surface area contributed by atoms with E-state index in [1.54, 1.807) is 7.11 Å². The van der Waals surface area contributed by atoms with Crippen LogP contribution < -0.4 is 10.1 Å². The topological polar surface area (TPSA) is 24.5 Å². The molecule has 0 radical (unpaired) electrons. The summed E-state index contributed by atoms with van der Waals surface area (Å²) in [7, 11) is 1.72. The van der Waals surface area contributed by atoms with Gasteiger partial charge in [0.25, 0.3) is 0 Å². The van der Waals surface area contributed by atoms with Crippen molar-refractivity contribution in [3.8, 4) is 5.75 Å². The number of benzene rings is 2. The molecule has 3 rings (SSSR count). The summed E-state index contributed by atoms with van der Waals surface area (Å²) in [5.41, 5.74) is 1.45. The van der Waals surface area contributed by atoms with Gasteiger partial charge in [0.05, 0.1) is 7.11 Å². The van der Waals surface area contributed by atoms with E-state index in [1.165, 1.54) is 29.2 Å². The van der Waals surface area contributed by atoms with Crippen LogP contribution in [0.15, 0.2) is 36.4 Å². The molecular weight excluding hydrogens is 272 g/mol. The average Bonchev–Trinajstić information content (AvgIpc) is 2.59. The second kappa shape index (κ2) is 7.12. The quantitative estimate of drug-likeness (QED) is 0.913. The highest BCUT2D eigenvalue weighted by Gasteiger charge is 2.21. The van der Waals surface area contributed by atoms with Gasteiger partial charge in [-0.1, -0.05) is 31.5 Å². The van der Waals surface area contributed by atoms with Crippen molar-refractivity contribution < 1.29 is 4.74 Å². The third kappa shape index (κ3) is 3.26. The molecule has 0 bridgehead atoms. The number of nitrogens with zero attached hydrogens (tertiary/aromatic N) is 1. The molecule has 118 valence electrons. The van der Waals surface area contributed by atoms with Gasteiger partial charge in [0.15, 0.2) is 0 Å². The first-order valence-corrected chi connectivity index (χ1v) is 8.34. The van der Waals surface area contributed by atoms with Crippen molar-refractivity contribution in [3.05, 3.63) is 42.0 Å². The Morgan fingerprint density at radius 2 is 1.82 bits per heavy atom. The van der Waals surface area contributed by atoms with E-state index in [4.69, 9.17) is 4.74 Å². The lowest BCUT2D eigenvalue weighted by Crippen LogP contribution is -2.45. The second-order valence-electron chi connectivity index (χ2n) is 6.06. The van der Waals surface area contributed by atoms with Crippen molar-refractivity contribution in [3.63, 3.8) is 0 Å². The maximum atomic E-state index is 5.32. The molecule has 3 heteroatoms. The van der Waals surface area contributed by atoms with Gasteiger partial charge >= 0.3 is 0 Å². The maximum absolute atomic E-state index is 5.32. The van der Waals surface area contributed by atoms with E-state index >= 15 is 0 Å². The highest BCUT2D eigenvalue weighted by atomic mass is 16.5. The Kier molecular flexibility index (Phi) is 4.96. The predicted molar refractivity (Wildman–Crippen MR) is 92.6 cm³/mol. The zero-order chi connectivity index (χ0) is 15.4. The van der Waals surface area contributed by atoms with Crippen molar-refractivity contribution >= 4 is 10.8 Å². The van der Waals surface area contributed by atoms with Gasteiger partial charge in [-0.25, -0.2) is 0 Å². The van der Waals surface area contributed by atoms with Crippen molar-refractivity contribution in [1.82, 2.24) is 10.2 Å². The largest absolute Gasteiger partial charge is 0.497 e. The molecular formula is C19H26N2O. The molecule has 0 amide bonds. The van der Waals surface area contributed by atoms with Crippen LogP contribution in [0.2, 0.25) is 0 Å². The molecule has 0 aliphatic carbocycles. The number of piperazine rings is 1. The highest BCUT2D eigenvalue weighted by molar-refractivity contribution is 5.84. The zero-order valence-corrected chi connectivity index (χ0v) is 13.6. The SMILES string of the molecule is CCC[C@H](c1ccc2cc(OC)ccc2c1)N1CCNCC1. The van der Waals surface area contributed by atoms with Crippen molar-refractivity contribution in [2.45, 2.75) is 25.8 Å². The molecule has 2 aromatic rings. The molecule has 1 aliphatic heterocycles. The minimum atomic E-state index is 0.540. The zero-order valence-electron chi connectivity index (χ0n) is 13.6.